The summed E-state index contributed by atoms with van der Waals surface area (Å²) in [6.45, 7) is 8.99. The Morgan fingerprint density at radius 1 is 0.351 bits per heavy atom. The molecular weight excluding hydrogens is 709 g/mol. The Labute approximate surface area is 355 Å². The third kappa shape index (κ3) is 43.8. The standard InChI is InChI=1S/C51H98O6/c1-5-8-10-12-13-14-15-16-17-18-22-25-28-31-35-38-42-49(52)55-45-48(57-51(54)44-40-33-11-9-6-2)46-56-50(53)43-39-36-32-29-26-23-20-19-21-24-27-30-34-37-41-47(4)7-3/h47-48H,5-46H2,1-4H3/t47?,48-/m1/s1. The van der Waals surface area contributed by atoms with Crippen molar-refractivity contribution in [2.45, 2.75) is 291 Å². The highest BCUT2D eigenvalue weighted by Crippen LogP contribution is 2.18. The molecule has 0 aromatic carbocycles. The Morgan fingerprint density at radius 2 is 0.614 bits per heavy atom. The van der Waals surface area contributed by atoms with Crippen molar-refractivity contribution in [2.75, 3.05) is 13.2 Å². The lowest BCUT2D eigenvalue weighted by Crippen LogP contribution is -2.30. The first-order chi connectivity index (χ1) is 27.9. The zero-order chi connectivity index (χ0) is 41.7. The highest BCUT2D eigenvalue weighted by molar-refractivity contribution is 5.71. The Morgan fingerprint density at radius 3 is 0.912 bits per heavy atom. The van der Waals surface area contributed by atoms with Gasteiger partial charge in [0, 0.05) is 19.3 Å². The molecule has 0 saturated carbocycles. The second-order valence-corrected chi connectivity index (χ2v) is 17.7. The fourth-order valence-corrected chi connectivity index (χ4v) is 7.66. The molecule has 0 aromatic heterocycles. The minimum absolute atomic E-state index is 0.0644. The van der Waals surface area contributed by atoms with Crippen LogP contribution in [0.2, 0.25) is 0 Å². The van der Waals surface area contributed by atoms with E-state index in [-0.39, 0.29) is 31.1 Å². The Kier molecular flexibility index (Phi) is 44.2. The molecule has 6 heteroatoms. The molecule has 0 rings (SSSR count). The van der Waals surface area contributed by atoms with Crippen LogP contribution in [0, 0.1) is 5.92 Å². The summed E-state index contributed by atoms with van der Waals surface area (Å²) in [6.07, 6.45) is 46.9. The van der Waals surface area contributed by atoms with Gasteiger partial charge in [-0.05, 0) is 25.2 Å². The molecule has 0 radical (unpaired) electrons. The molecule has 0 aliphatic rings. The number of hydrogen-bond acceptors (Lipinski definition) is 6. The first-order valence-corrected chi connectivity index (χ1v) is 25.4. The molecule has 0 aliphatic carbocycles. The molecule has 0 saturated heterocycles. The van der Waals surface area contributed by atoms with Gasteiger partial charge in [-0.3, -0.25) is 14.4 Å². The van der Waals surface area contributed by atoms with Crippen LogP contribution < -0.4 is 0 Å². The molecule has 0 heterocycles. The topological polar surface area (TPSA) is 78.9 Å². The highest BCUT2D eigenvalue weighted by atomic mass is 16.6. The van der Waals surface area contributed by atoms with Crippen molar-refractivity contribution in [3.8, 4) is 0 Å². The van der Waals surface area contributed by atoms with Gasteiger partial charge in [-0.1, -0.05) is 246 Å². The Bertz CT molecular complexity index is 859. The number of hydrogen-bond donors (Lipinski definition) is 0. The van der Waals surface area contributed by atoms with Crippen molar-refractivity contribution < 1.29 is 28.6 Å². The molecule has 1 unspecified atom stereocenters. The van der Waals surface area contributed by atoms with E-state index in [2.05, 4.69) is 27.7 Å². The summed E-state index contributed by atoms with van der Waals surface area (Å²) < 4.78 is 16.7. The summed E-state index contributed by atoms with van der Waals surface area (Å²) in [5.41, 5.74) is 0. The molecule has 0 N–H and O–H groups in total. The van der Waals surface area contributed by atoms with Crippen molar-refractivity contribution in [3.63, 3.8) is 0 Å². The van der Waals surface area contributed by atoms with Crippen LogP contribution in [0.25, 0.3) is 0 Å². The van der Waals surface area contributed by atoms with Gasteiger partial charge < -0.3 is 14.2 Å². The second kappa shape index (κ2) is 45.5. The van der Waals surface area contributed by atoms with Gasteiger partial charge in [0.15, 0.2) is 6.10 Å². The van der Waals surface area contributed by atoms with Gasteiger partial charge in [0.1, 0.15) is 13.2 Å². The lowest BCUT2D eigenvalue weighted by molar-refractivity contribution is -0.167. The molecule has 0 amide bonds. The fraction of sp³-hybridized carbons (Fsp3) is 0.941. The minimum atomic E-state index is -0.758. The van der Waals surface area contributed by atoms with Crippen molar-refractivity contribution in [1.29, 1.82) is 0 Å². The predicted molar refractivity (Wildman–Crippen MR) is 243 cm³/mol. The monoisotopic (exact) mass is 807 g/mol. The zero-order valence-electron chi connectivity index (χ0n) is 38.8. The normalized spacial score (nSPS) is 12.4. The van der Waals surface area contributed by atoms with Gasteiger partial charge in [0.2, 0.25) is 0 Å². The van der Waals surface area contributed by atoms with Crippen molar-refractivity contribution in [3.05, 3.63) is 0 Å². The molecule has 6 nitrogen and oxygen atoms in total. The van der Waals surface area contributed by atoms with Crippen molar-refractivity contribution in [2.24, 2.45) is 5.92 Å². The number of carbonyl (C=O) groups excluding carboxylic acids is 3. The molecule has 0 aromatic rings. The Balaban J connectivity index is 4.06. The van der Waals surface area contributed by atoms with Gasteiger partial charge >= 0.3 is 17.9 Å². The third-order valence-corrected chi connectivity index (χ3v) is 11.9. The molecule has 338 valence electrons. The average Bonchev–Trinajstić information content (AvgIpc) is 3.21. The van der Waals surface area contributed by atoms with Crippen LogP contribution in [-0.2, 0) is 28.6 Å². The molecule has 0 aliphatic heterocycles. The van der Waals surface area contributed by atoms with E-state index in [4.69, 9.17) is 14.2 Å². The maximum Gasteiger partial charge on any atom is 0.306 e. The predicted octanol–water partition coefficient (Wildman–Crippen LogP) is 16.3. The summed E-state index contributed by atoms with van der Waals surface area (Å²) >= 11 is 0. The minimum Gasteiger partial charge on any atom is -0.462 e. The largest absolute Gasteiger partial charge is 0.462 e. The van der Waals surface area contributed by atoms with Gasteiger partial charge in [0.05, 0.1) is 0 Å². The van der Waals surface area contributed by atoms with Crippen LogP contribution in [0.3, 0.4) is 0 Å². The molecule has 0 fully saturated rings. The van der Waals surface area contributed by atoms with Crippen LogP contribution in [-0.4, -0.2) is 37.2 Å². The van der Waals surface area contributed by atoms with Crippen LogP contribution in [0.15, 0.2) is 0 Å². The maximum atomic E-state index is 12.6. The highest BCUT2D eigenvalue weighted by Gasteiger charge is 2.19. The van der Waals surface area contributed by atoms with E-state index in [9.17, 15) is 14.4 Å². The molecule has 0 bridgehead atoms. The molecule has 57 heavy (non-hydrogen) atoms. The quantitative estimate of drug-likeness (QED) is 0.0346. The van der Waals surface area contributed by atoms with Crippen LogP contribution in [0.5, 0.6) is 0 Å². The van der Waals surface area contributed by atoms with E-state index < -0.39 is 6.10 Å². The van der Waals surface area contributed by atoms with E-state index >= 15 is 0 Å². The summed E-state index contributed by atoms with van der Waals surface area (Å²) in [7, 11) is 0. The van der Waals surface area contributed by atoms with Crippen molar-refractivity contribution in [1.82, 2.24) is 0 Å². The summed E-state index contributed by atoms with van der Waals surface area (Å²) in [5.74, 6) is 0.0347. The van der Waals surface area contributed by atoms with E-state index in [0.717, 1.165) is 70.1 Å². The number of ether oxygens (including phenoxy) is 3. The van der Waals surface area contributed by atoms with E-state index in [0.29, 0.717) is 19.3 Å². The second-order valence-electron chi connectivity index (χ2n) is 17.7. The van der Waals surface area contributed by atoms with Gasteiger partial charge in [-0.15, -0.1) is 0 Å². The maximum absolute atomic E-state index is 12.6. The summed E-state index contributed by atoms with van der Waals surface area (Å²) in [5, 5.41) is 0. The van der Waals surface area contributed by atoms with E-state index in [1.54, 1.807) is 0 Å². The fourth-order valence-electron chi connectivity index (χ4n) is 7.66. The average molecular weight is 807 g/mol. The molecule has 0 spiro atoms. The third-order valence-electron chi connectivity index (χ3n) is 11.9. The first-order valence-electron chi connectivity index (χ1n) is 25.4. The lowest BCUT2D eigenvalue weighted by Gasteiger charge is -2.18. The van der Waals surface area contributed by atoms with E-state index in [1.165, 1.54) is 173 Å². The number of unbranched alkanes of at least 4 members (excludes halogenated alkanes) is 32. The smallest absolute Gasteiger partial charge is 0.306 e. The number of carbonyl (C=O) groups is 3. The van der Waals surface area contributed by atoms with Crippen LogP contribution in [0.4, 0.5) is 0 Å². The van der Waals surface area contributed by atoms with Gasteiger partial charge in [-0.2, -0.15) is 0 Å². The molecule has 2 atom stereocenters. The van der Waals surface area contributed by atoms with Gasteiger partial charge in [0.25, 0.3) is 0 Å². The SMILES string of the molecule is CCCCCCCCCCCCCCCCCCC(=O)OC[C@H](COC(=O)CCCCCCCCCCCCCCCCC(C)CC)OC(=O)CCCCCCC. The van der Waals surface area contributed by atoms with Gasteiger partial charge in [-0.25, -0.2) is 0 Å². The number of rotatable bonds is 46. The molecular formula is C51H98O6. The zero-order valence-corrected chi connectivity index (χ0v) is 38.8. The first kappa shape index (κ1) is 55.4. The van der Waals surface area contributed by atoms with Crippen LogP contribution in [0.1, 0.15) is 285 Å². The van der Waals surface area contributed by atoms with Crippen LogP contribution >= 0.6 is 0 Å². The number of esters is 3. The Hall–Kier alpha value is -1.59. The van der Waals surface area contributed by atoms with Crippen molar-refractivity contribution >= 4 is 17.9 Å². The lowest BCUT2D eigenvalue weighted by atomic mass is 9.99. The summed E-state index contributed by atoms with van der Waals surface area (Å²) in [6, 6.07) is 0. The van der Waals surface area contributed by atoms with E-state index in [1.807, 2.05) is 0 Å². The summed E-state index contributed by atoms with van der Waals surface area (Å²) in [4.78, 5) is 37.6.